The average molecular weight is 274 g/mol. The highest BCUT2D eigenvalue weighted by atomic mass is 32.2. The molecule has 0 saturated carbocycles. The summed E-state index contributed by atoms with van der Waals surface area (Å²) in [5.41, 5.74) is -0.275. The molecule has 1 rings (SSSR count). The molecule has 0 unspecified atom stereocenters. The van der Waals surface area contributed by atoms with E-state index in [1.54, 1.807) is 0 Å². The molecule has 0 bridgehead atoms. The molecule has 1 fully saturated rings. The van der Waals surface area contributed by atoms with Crippen molar-refractivity contribution in [3.63, 3.8) is 0 Å². The van der Waals surface area contributed by atoms with Gasteiger partial charge in [0.05, 0.1) is 11.5 Å². The first-order valence-corrected chi connectivity index (χ1v) is 7.66. The van der Waals surface area contributed by atoms with Gasteiger partial charge in [-0.3, -0.25) is 0 Å². The van der Waals surface area contributed by atoms with Crippen LogP contribution < -0.4 is 5.14 Å². The number of hydrogen-bond acceptors (Lipinski definition) is 4. The molecular weight excluding hydrogens is 252 g/mol. The second-order valence-electron chi connectivity index (χ2n) is 5.38. The molecule has 7 heteroatoms. The molecule has 6 nitrogen and oxygen atoms in total. The Balaban J connectivity index is 2.27. The minimum atomic E-state index is -3.53. The molecule has 2 N–H and O–H groups in total. The number of hydrogen-bond donors (Lipinski definition) is 1. The van der Waals surface area contributed by atoms with Gasteiger partial charge in [0.2, 0.25) is 0 Å². The maximum atomic E-state index is 11.1. The van der Waals surface area contributed by atoms with E-state index in [1.165, 1.54) is 4.31 Å². The lowest BCUT2D eigenvalue weighted by molar-refractivity contribution is 0.181. The monoisotopic (exact) mass is 274 g/mol. The van der Waals surface area contributed by atoms with Gasteiger partial charge >= 0.3 is 0 Å². The van der Waals surface area contributed by atoms with Crippen molar-refractivity contribution in [1.82, 2.24) is 9.21 Å². The van der Waals surface area contributed by atoms with Crippen LogP contribution in [0.5, 0.6) is 0 Å². The summed E-state index contributed by atoms with van der Waals surface area (Å²) in [6.07, 6.45) is 1.81. The highest BCUT2D eigenvalue weighted by Crippen LogP contribution is 2.20. The number of nitrogens with zero attached hydrogens (tertiary/aromatic N) is 3. The fraction of sp³-hybridized carbons (Fsp3) is 0.909. The van der Waals surface area contributed by atoms with Crippen molar-refractivity contribution in [2.75, 3.05) is 32.7 Å². The van der Waals surface area contributed by atoms with E-state index in [2.05, 4.69) is 11.0 Å². The summed E-state index contributed by atoms with van der Waals surface area (Å²) in [4.78, 5) is 2.22. The van der Waals surface area contributed by atoms with Crippen LogP contribution >= 0.6 is 0 Å². The fourth-order valence-electron chi connectivity index (χ4n) is 2.01. The van der Waals surface area contributed by atoms with Gasteiger partial charge in [-0.25, -0.2) is 5.14 Å². The van der Waals surface area contributed by atoms with E-state index in [0.717, 1.165) is 19.4 Å². The molecule has 1 aliphatic heterocycles. The van der Waals surface area contributed by atoms with Crippen LogP contribution in [0.3, 0.4) is 0 Å². The van der Waals surface area contributed by atoms with Gasteiger partial charge in [0.25, 0.3) is 10.2 Å². The molecule has 1 saturated heterocycles. The standard InChI is InChI=1S/C11H22N4O2S/c1-11(2,10-12)4-3-5-14-6-8-15(9-7-14)18(13,16)17/h3-9H2,1-2H3,(H2,13,16,17). The molecule has 0 aromatic heterocycles. The quantitative estimate of drug-likeness (QED) is 0.772. The highest BCUT2D eigenvalue weighted by Gasteiger charge is 2.24. The smallest absolute Gasteiger partial charge is 0.276 e. The van der Waals surface area contributed by atoms with Crippen LogP contribution in [0.1, 0.15) is 26.7 Å². The Bertz CT molecular complexity index is 405. The second kappa shape index (κ2) is 5.97. The SMILES string of the molecule is CC(C)(C#N)CCCN1CCN(S(N)(=O)=O)CC1. The van der Waals surface area contributed by atoms with Gasteiger partial charge in [0, 0.05) is 26.2 Å². The zero-order valence-electron chi connectivity index (χ0n) is 11.1. The Hall–Kier alpha value is -0.680. The maximum absolute atomic E-state index is 11.1. The molecule has 0 radical (unpaired) electrons. The van der Waals surface area contributed by atoms with E-state index in [0.29, 0.717) is 26.2 Å². The number of nitriles is 1. The molecule has 0 aliphatic carbocycles. The van der Waals surface area contributed by atoms with Crippen LogP contribution in [0.2, 0.25) is 0 Å². The predicted molar refractivity (Wildman–Crippen MR) is 69.7 cm³/mol. The first kappa shape index (κ1) is 15.4. The maximum Gasteiger partial charge on any atom is 0.276 e. The Morgan fingerprint density at radius 3 is 2.28 bits per heavy atom. The average Bonchev–Trinajstić information content (AvgIpc) is 2.28. The van der Waals surface area contributed by atoms with E-state index >= 15 is 0 Å². The van der Waals surface area contributed by atoms with Crippen molar-refractivity contribution in [3.8, 4) is 6.07 Å². The molecule has 0 aromatic carbocycles. The summed E-state index contributed by atoms with van der Waals surface area (Å²) in [5.74, 6) is 0. The van der Waals surface area contributed by atoms with Crippen molar-refractivity contribution in [3.05, 3.63) is 0 Å². The number of piperazine rings is 1. The van der Waals surface area contributed by atoms with Crippen molar-refractivity contribution < 1.29 is 8.42 Å². The third-order valence-electron chi connectivity index (χ3n) is 3.27. The minimum Gasteiger partial charge on any atom is -0.301 e. The first-order valence-electron chi connectivity index (χ1n) is 6.16. The lowest BCUT2D eigenvalue weighted by Gasteiger charge is -2.33. The molecule has 0 atom stereocenters. The van der Waals surface area contributed by atoms with Crippen molar-refractivity contribution in [2.24, 2.45) is 10.6 Å². The first-order chi connectivity index (χ1) is 8.24. The van der Waals surface area contributed by atoms with E-state index in [9.17, 15) is 8.42 Å². The Labute approximate surface area is 110 Å². The van der Waals surface area contributed by atoms with Crippen LogP contribution in [0.15, 0.2) is 0 Å². The second-order valence-corrected chi connectivity index (χ2v) is 6.93. The lowest BCUT2D eigenvalue weighted by atomic mass is 9.90. The third kappa shape index (κ3) is 4.90. The molecule has 1 aliphatic rings. The number of nitrogens with two attached hydrogens (primary N) is 1. The van der Waals surface area contributed by atoms with Gasteiger partial charge in [0.15, 0.2) is 0 Å². The van der Waals surface area contributed by atoms with E-state index in [-0.39, 0.29) is 5.41 Å². The highest BCUT2D eigenvalue weighted by molar-refractivity contribution is 7.86. The summed E-state index contributed by atoms with van der Waals surface area (Å²) in [6.45, 7) is 7.12. The third-order valence-corrected chi connectivity index (χ3v) is 4.35. The van der Waals surface area contributed by atoms with Gasteiger partial charge in [-0.1, -0.05) is 0 Å². The molecule has 104 valence electrons. The van der Waals surface area contributed by atoms with Crippen LogP contribution in [-0.4, -0.2) is 50.3 Å². The van der Waals surface area contributed by atoms with E-state index in [4.69, 9.17) is 10.4 Å². The topological polar surface area (TPSA) is 90.4 Å². The Kier molecular flexibility index (Phi) is 5.10. The van der Waals surface area contributed by atoms with Crippen molar-refractivity contribution in [1.29, 1.82) is 5.26 Å². The zero-order chi connectivity index (χ0) is 13.8. The zero-order valence-corrected chi connectivity index (χ0v) is 11.9. The van der Waals surface area contributed by atoms with E-state index < -0.39 is 10.2 Å². The largest absolute Gasteiger partial charge is 0.301 e. The minimum absolute atomic E-state index is 0.275. The predicted octanol–water partition coefficient (Wildman–Crippen LogP) is 0.137. The molecule has 18 heavy (non-hydrogen) atoms. The van der Waals surface area contributed by atoms with Crippen molar-refractivity contribution >= 4 is 10.2 Å². The van der Waals surface area contributed by atoms with Gasteiger partial charge in [-0.2, -0.15) is 18.0 Å². The summed E-state index contributed by atoms with van der Waals surface area (Å²) in [5, 5.41) is 14.0. The summed E-state index contributed by atoms with van der Waals surface area (Å²) in [7, 11) is -3.53. The molecule has 0 spiro atoms. The summed E-state index contributed by atoms with van der Waals surface area (Å²) >= 11 is 0. The van der Waals surface area contributed by atoms with Crippen LogP contribution in [0.4, 0.5) is 0 Å². The molecule has 0 aromatic rings. The Morgan fingerprint density at radius 1 is 1.28 bits per heavy atom. The van der Waals surface area contributed by atoms with Gasteiger partial charge in [-0.15, -0.1) is 0 Å². The molecule has 0 amide bonds. The molecule has 1 heterocycles. The lowest BCUT2D eigenvalue weighted by Crippen LogP contribution is -2.50. The summed E-state index contributed by atoms with van der Waals surface area (Å²) < 4.78 is 23.6. The van der Waals surface area contributed by atoms with Gasteiger partial charge in [-0.05, 0) is 33.2 Å². The Morgan fingerprint density at radius 2 is 1.83 bits per heavy atom. The van der Waals surface area contributed by atoms with Gasteiger partial charge < -0.3 is 4.90 Å². The molecular formula is C11H22N4O2S. The van der Waals surface area contributed by atoms with Crippen LogP contribution in [0, 0.1) is 16.7 Å². The number of rotatable bonds is 5. The van der Waals surface area contributed by atoms with Crippen LogP contribution in [0.25, 0.3) is 0 Å². The van der Waals surface area contributed by atoms with Crippen LogP contribution in [-0.2, 0) is 10.2 Å². The normalized spacial score (nSPS) is 19.7. The van der Waals surface area contributed by atoms with Crippen molar-refractivity contribution in [2.45, 2.75) is 26.7 Å². The van der Waals surface area contributed by atoms with E-state index in [1.807, 2.05) is 13.8 Å². The fourth-order valence-corrected chi connectivity index (χ4v) is 2.68. The van der Waals surface area contributed by atoms with Gasteiger partial charge in [0.1, 0.15) is 0 Å². The summed E-state index contributed by atoms with van der Waals surface area (Å²) in [6, 6.07) is 2.28.